The van der Waals surface area contributed by atoms with Crippen molar-refractivity contribution in [3.05, 3.63) is 23.2 Å². The van der Waals surface area contributed by atoms with Crippen molar-refractivity contribution in [1.82, 2.24) is 0 Å². The SMILES string of the molecule is COc1ccc(Cl)cc1NC(=O)C(F)(F)C(F)F. The summed E-state index contributed by atoms with van der Waals surface area (Å²) < 4.78 is 54.1. The summed E-state index contributed by atoms with van der Waals surface area (Å²) in [7, 11) is 1.23. The first-order chi connectivity index (χ1) is 8.28. The number of nitrogens with one attached hydrogen (secondary N) is 1. The van der Waals surface area contributed by atoms with Crippen LogP contribution >= 0.6 is 11.6 Å². The number of hydrogen-bond acceptors (Lipinski definition) is 2. The number of carbonyl (C=O) groups is 1. The van der Waals surface area contributed by atoms with Crippen LogP contribution in [-0.4, -0.2) is 25.4 Å². The first-order valence-corrected chi connectivity index (χ1v) is 4.97. The lowest BCUT2D eigenvalue weighted by molar-refractivity contribution is -0.163. The van der Waals surface area contributed by atoms with E-state index in [9.17, 15) is 22.4 Å². The van der Waals surface area contributed by atoms with Crippen molar-refractivity contribution < 1.29 is 27.1 Å². The Kier molecular flexibility index (Phi) is 4.39. The molecule has 18 heavy (non-hydrogen) atoms. The van der Waals surface area contributed by atoms with E-state index in [-0.39, 0.29) is 16.5 Å². The first kappa shape index (κ1) is 14.6. The van der Waals surface area contributed by atoms with Gasteiger partial charge in [-0.15, -0.1) is 0 Å². The van der Waals surface area contributed by atoms with Gasteiger partial charge in [-0.1, -0.05) is 11.6 Å². The molecule has 1 N–H and O–H groups in total. The van der Waals surface area contributed by atoms with Crippen molar-refractivity contribution in [2.75, 3.05) is 12.4 Å². The molecule has 0 heterocycles. The first-order valence-electron chi connectivity index (χ1n) is 4.60. The van der Waals surface area contributed by atoms with Gasteiger partial charge in [0.2, 0.25) is 0 Å². The highest BCUT2D eigenvalue weighted by Crippen LogP contribution is 2.30. The van der Waals surface area contributed by atoms with E-state index >= 15 is 0 Å². The van der Waals surface area contributed by atoms with Crippen molar-refractivity contribution >= 4 is 23.2 Å². The maximum atomic E-state index is 12.7. The lowest BCUT2D eigenvalue weighted by Crippen LogP contribution is -2.41. The number of rotatable bonds is 4. The summed E-state index contributed by atoms with van der Waals surface area (Å²) in [5.41, 5.74) is -0.213. The number of hydrogen-bond donors (Lipinski definition) is 1. The molecule has 0 spiro atoms. The van der Waals surface area contributed by atoms with Crippen LogP contribution in [0, 0.1) is 0 Å². The molecule has 0 aliphatic heterocycles. The second-order valence-electron chi connectivity index (χ2n) is 3.22. The fraction of sp³-hybridized carbons (Fsp3) is 0.300. The molecular weight excluding hydrogens is 278 g/mol. The van der Waals surface area contributed by atoms with E-state index in [0.29, 0.717) is 0 Å². The van der Waals surface area contributed by atoms with Gasteiger partial charge in [0.1, 0.15) is 5.75 Å². The summed E-state index contributed by atoms with van der Waals surface area (Å²) in [6.45, 7) is 0. The number of benzene rings is 1. The van der Waals surface area contributed by atoms with Gasteiger partial charge < -0.3 is 10.1 Å². The summed E-state index contributed by atoms with van der Waals surface area (Å²) in [6.07, 6.45) is -4.09. The van der Waals surface area contributed by atoms with E-state index in [1.54, 1.807) is 5.32 Å². The molecule has 0 aromatic heterocycles. The zero-order chi connectivity index (χ0) is 13.9. The molecule has 0 atom stereocenters. The predicted octanol–water partition coefficient (Wildman–Crippen LogP) is 3.19. The highest BCUT2D eigenvalue weighted by atomic mass is 35.5. The second-order valence-corrected chi connectivity index (χ2v) is 3.66. The number of methoxy groups -OCH3 is 1. The van der Waals surface area contributed by atoms with Gasteiger partial charge >= 0.3 is 18.3 Å². The summed E-state index contributed by atoms with van der Waals surface area (Å²) in [5, 5.41) is 1.78. The second kappa shape index (κ2) is 5.43. The fourth-order valence-electron chi connectivity index (χ4n) is 1.08. The van der Waals surface area contributed by atoms with Gasteiger partial charge in [-0.25, -0.2) is 8.78 Å². The standard InChI is InChI=1S/C10H8ClF4NO2/c1-18-7-3-2-5(11)4-6(7)16-9(17)10(14,15)8(12)13/h2-4,8H,1H3,(H,16,17). The maximum Gasteiger partial charge on any atom is 0.383 e. The Morgan fingerprint density at radius 2 is 2.06 bits per heavy atom. The lowest BCUT2D eigenvalue weighted by atomic mass is 10.2. The molecule has 0 saturated heterocycles. The van der Waals surface area contributed by atoms with Crippen LogP contribution in [0.25, 0.3) is 0 Å². The van der Waals surface area contributed by atoms with Crippen LogP contribution in [0.15, 0.2) is 18.2 Å². The molecule has 8 heteroatoms. The Balaban J connectivity index is 2.98. The summed E-state index contributed by atoms with van der Waals surface area (Å²) >= 11 is 5.59. The quantitative estimate of drug-likeness (QED) is 0.863. The van der Waals surface area contributed by atoms with Gasteiger partial charge in [0.25, 0.3) is 0 Å². The maximum absolute atomic E-state index is 12.7. The topological polar surface area (TPSA) is 38.3 Å². The van der Waals surface area contributed by atoms with E-state index in [2.05, 4.69) is 0 Å². The molecule has 1 amide bonds. The highest BCUT2D eigenvalue weighted by Gasteiger charge is 2.49. The number of amides is 1. The molecule has 0 fully saturated rings. The summed E-state index contributed by atoms with van der Waals surface area (Å²) in [5.74, 6) is -6.89. The molecule has 0 aliphatic rings. The minimum absolute atomic E-state index is 0.0258. The number of carbonyl (C=O) groups excluding carboxylic acids is 1. The Labute approximate surface area is 105 Å². The third kappa shape index (κ3) is 3.04. The van der Waals surface area contributed by atoms with E-state index < -0.39 is 18.3 Å². The zero-order valence-corrected chi connectivity index (χ0v) is 9.77. The molecule has 0 radical (unpaired) electrons. The zero-order valence-electron chi connectivity index (χ0n) is 9.02. The number of alkyl halides is 4. The van der Waals surface area contributed by atoms with E-state index in [1.807, 2.05) is 0 Å². The van der Waals surface area contributed by atoms with Gasteiger partial charge in [0, 0.05) is 5.02 Å². The van der Waals surface area contributed by atoms with Gasteiger partial charge in [0.05, 0.1) is 12.8 Å². The van der Waals surface area contributed by atoms with E-state index in [0.717, 1.165) is 6.07 Å². The van der Waals surface area contributed by atoms with E-state index in [1.165, 1.54) is 19.2 Å². The molecule has 0 bridgehead atoms. The van der Waals surface area contributed by atoms with Crippen LogP contribution in [0.2, 0.25) is 5.02 Å². The van der Waals surface area contributed by atoms with Crippen molar-refractivity contribution in [1.29, 1.82) is 0 Å². The largest absolute Gasteiger partial charge is 0.495 e. The Hall–Kier alpha value is -1.50. The average molecular weight is 286 g/mol. The van der Waals surface area contributed by atoms with E-state index in [4.69, 9.17) is 16.3 Å². The molecule has 100 valence electrons. The molecule has 0 saturated carbocycles. The number of anilines is 1. The van der Waals surface area contributed by atoms with Crippen LogP contribution < -0.4 is 10.1 Å². The van der Waals surface area contributed by atoms with Gasteiger partial charge in [-0.3, -0.25) is 4.79 Å². The molecule has 0 aliphatic carbocycles. The molecule has 1 aromatic carbocycles. The Morgan fingerprint density at radius 1 is 1.44 bits per heavy atom. The smallest absolute Gasteiger partial charge is 0.383 e. The molecular formula is C10H8ClF4NO2. The average Bonchev–Trinajstić information content (AvgIpc) is 2.29. The minimum Gasteiger partial charge on any atom is -0.495 e. The van der Waals surface area contributed by atoms with Crippen LogP contribution in [-0.2, 0) is 4.79 Å². The normalized spacial score (nSPS) is 11.5. The van der Waals surface area contributed by atoms with Crippen molar-refractivity contribution in [2.24, 2.45) is 0 Å². The van der Waals surface area contributed by atoms with Gasteiger partial charge in [0.15, 0.2) is 0 Å². The third-order valence-electron chi connectivity index (χ3n) is 1.99. The predicted molar refractivity (Wildman–Crippen MR) is 57.6 cm³/mol. The van der Waals surface area contributed by atoms with Crippen LogP contribution in [0.4, 0.5) is 23.2 Å². The molecule has 1 aromatic rings. The fourth-order valence-corrected chi connectivity index (χ4v) is 1.25. The van der Waals surface area contributed by atoms with Gasteiger partial charge in [-0.05, 0) is 18.2 Å². The molecule has 3 nitrogen and oxygen atoms in total. The molecule has 1 rings (SSSR count). The highest BCUT2D eigenvalue weighted by molar-refractivity contribution is 6.31. The molecule has 0 unspecified atom stereocenters. The number of halogens is 5. The monoisotopic (exact) mass is 285 g/mol. The van der Waals surface area contributed by atoms with Crippen LogP contribution in [0.3, 0.4) is 0 Å². The van der Waals surface area contributed by atoms with Crippen molar-refractivity contribution in [3.8, 4) is 5.75 Å². The minimum atomic E-state index is -4.78. The van der Waals surface area contributed by atoms with Crippen molar-refractivity contribution in [3.63, 3.8) is 0 Å². The third-order valence-corrected chi connectivity index (χ3v) is 2.22. The van der Waals surface area contributed by atoms with Gasteiger partial charge in [-0.2, -0.15) is 8.78 Å². The Morgan fingerprint density at radius 3 is 2.56 bits per heavy atom. The van der Waals surface area contributed by atoms with Crippen LogP contribution in [0.1, 0.15) is 0 Å². The number of ether oxygens (including phenoxy) is 1. The summed E-state index contributed by atoms with van der Waals surface area (Å²) in [4.78, 5) is 11.0. The van der Waals surface area contributed by atoms with Crippen LogP contribution in [0.5, 0.6) is 5.75 Å². The summed E-state index contributed by atoms with van der Waals surface area (Å²) in [6, 6.07) is 3.81. The van der Waals surface area contributed by atoms with Crippen molar-refractivity contribution in [2.45, 2.75) is 12.3 Å². The Bertz CT molecular complexity index is 454. The lowest BCUT2D eigenvalue weighted by Gasteiger charge is -2.16.